The lowest BCUT2D eigenvalue weighted by Crippen LogP contribution is -2.42. The van der Waals surface area contributed by atoms with Gasteiger partial charge in [-0.15, -0.1) is 0 Å². The van der Waals surface area contributed by atoms with E-state index in [-0.39, 0.29) is 28.7 Å². The topological polar surface area (TPSA) is 4.93 Å². The van der Waals surface area contributed by atoms with Gasteiger partial charge < -0.3 is 4.57 Å². The van der Waals surface area contributed by atoms with Gasteiger partial charge >= 0.3 is 0 Å². The summed E-state index contributed by atoms with van der Waals surface area (Å²) in [5.41, 5.74) is -0.251. The van der Waals surface area contributed by atoms with Gasteiger partial charge in [-0.3, -0.25) is 0 Å². The molecule has 0 spiro atoms. The van der Waals surface area contributed by atoms with Crippen LogP contribution >= 0.6 is 0 Å². The maximum atomic E-state index is 8.67. The molecule has 0 aliphatic rings. The number of hydrogen-bond acceptors (Lipinski definition) is 0. The number of para-hydroxylation sites is 2. The first-order valence-corrected chi connectivity index (χ1v) is 9.42. The first-order chi connectivity index (χ1) is 13.2. The van der Waals surface area contributed by atoms with Gasteiger partial charge in [-0.05, 0) is 29.6 Å². The molecule has 96 valence electrons. The van der Waals surface area contributed by atoms with Crippen LogP contribution in [0.4, 0.5) is 0 Å². The zero-order valence-electron chi connectivity index (χ0n) is 20.9. The Morgan fingerprint density at radius 2 is 1.53 bits per heavy atom. The molecule has 2 aromatic carbocycles. The summed E-state index contributed by atoms with van der Waals surface area (Å²) in [6, 6.07) is -4.48. The fourth-order valence-electron chi connectivity index (χ4n) is 1.95. The number of aromatic nitrogens is 1. The third-order valence-electron chi connectivity index (χ3n) is 2.78. The van der Waals surface area contributed by atoms with Gasteiger partial charge in [0, 0.05) is 11.0 Å². The van der Waals surface area contributed by atoms with Crippen molar-refractivity contribution in [1.82, 2.24) is 4.57 Å². The van der Waals surface area contributed by atoms with E-state index in [1.165, 1.54) is 4.57 Å². The minimum absolute atomic E-state index is 0.0137. The predicted octanol–water partition coefficient (Wildman–Crippen LogP) is 4.18. The van der Waals surface area contributed by atoms with Crippen LogP contribution in [0, 0.1) is 0 Å². The summed E-state index contributed by atoms with van der Waals surface area (Å²) in [6.45, 7) is 5.71. The van der Waals surface area contributed by atoms with E-state index in [9.17, 15) is 0 Å². The van der Waals surface area contributed by atoms with Crippen LogP contribution in [-0.2, 0) is 0 Å². The molecule has 1 heterocycles. The molecule has 3 rings (SSSR count). The van der Waals surface area contributed by atoms with Gasteiger partial charge in [-0.25, -0.2) is 0 Å². The number of fused-ring (bicyclic) bond motifs is 1. The monoisotopic (exact) mass is 275 g/mol. The molecular weight excluding hydrogens is 246 g/mol. The van der Waals surface area contributed by atoms with Crippen molar-refractivity contribution >= 4 is 24.3 Å². The Hall–Kier alpha value is -1.80. The van der Waals surface area contributed by atoms with Gasteiger partial charge in [0.25, 0.3) is 0 Å². The lowest BCUT2D eigenvalue weighted by molar-refractivity contribution is 1.16. The smallest absolute Gasteiger partial charge is 0.0990 e. The molecule has 0 saturated heterocycles. The molecule has 3 aromatic rings. The van der Waals surface area contributed by atoms with Crippen LogP contribution in [0.5, 0.6) is 0 Å². The van der Waals surface area contributed by atoms with Crippen molar-refractivity contribution in [2.24, 2.45) is 0 Å². The Balaban J connectivity index is 2.74. The highest BCUT2D eigenvalue weighted by Crippen LogP contribution is 2.21. The summed E-state index contributed by atoms with van der Waals surface area (Å²) in [4.78, 5) is 0. The molecule has 0 aliphatic carbocycles. The number of hydrogen-bond donors (Lipinski definition) is 0. The zero-order valence-corrected chi connectivity index (χ0v) is 11.9. The Labute approximate surface area is 129 Å². The van der Waals surface area contributed by atoms with Gasteiger partial charge in [-0.2, -0.15) is 0 Å². The van der Waals surface area contributed by atoms with E-state index >= 15 is 0 Å². The summed E-state index contributed by atoms with van der Waals surface area (Å²) in [5, 5.41) is 0.360. The molecule has 0 N–H and O–H groups in total. The maximum Gasteiger partial charge on any atom is 0.0990 e. The molecule has 0 radical (unpaired) electrons. The van der Waals surface area contributed by atoms with Crippen LogP contribution in [0.3, 0.4) is 0 Å². The number of benzene rings is 2. The fraction of sp³-hybridized carbons (Fsp3) is 0.176. The Kier molecular flexibility index (Phi) is 1.22. The summed E-state index contributed by atoms with van der Waals surface area (Å²) < 4.78 is 83.1. The lowest BCUT2D eigenvalue weighted by atomic mass is 10.2. The second-order valence-corrected chi connectivity index (χ2v) is 10.2. The van der Waals surface area contributed by atoms with E-state index in [4.69, 9.17) is 13.7 Å². The van der Waals surface area contributed by atoms with Crippen molar-refractivity contribution in [3.05, 3.63) is 60.4 Å². The predicted molar refractivity (Wildman–Crippen MR) is 86.3 cm³/mol. The van der Waals surface area contributed by atoms with E-state index in [1.807, 2.05) is 19.6 Å². The van der Waals surface area contributed by atoms with Crippen LogP contribution in [0.2, 0.25) is 19.6 Å². The Bertz CT molecular complexity index is 1160. The maximum absolute atomic E-state index is 8.67. The van der Waals surface area contributed by atoms with Crippen molar-refractivity contribution in [1.29, 1.82) is 0 Å². The molecule has 1 nitrogen and oxygen atoms in total. The molecule has 0 amide bonds. The highest BCUT2D eigenvalue weighted by molar-refractivity contribution is 6.88. The van der Waals surface area contributed by atoms with Crippen LogP contribution in [0.25, 0.3) is 16.6 Å². The van der Waals surface area contributed by atoms with E-state index < -0.39 is 56.4 Å². The molecular formula is C17H19NSi. The fourth-order valence-corrected chi connectivity index (χ4v) is 3.35. The molecule has 0 unspecified atom stereocenters. The van der Waals surface area contributed by atoms with Crippen molar-refractivity contribution in [2.45, 2.75) is 19.6 Å². The van der Waals surface area contributed by atoms with Crippen LogP contribution in [-0.4, -0.2) is 12.6 Å². The van der Waals surface area contributed by atoms with Crippen LogP contribution in [0.1, 0.15) is 13.7 Å². The van der Waals surface area contributed by atoms with E-state index in [0.717, 1.165) is 0 Å². The normalized spacial score (nSPS) is 19.3. The second kappa shape index (κ2) is 4.39. The lowest BCUT2D eigenvalue weighted by Gasteiger charge is -2.20. The summed E-state index contributed by atoms with van der Waals surface area (Å²) in [6.07, 6.45) is 0. The van der Waals surface area contributed by atoms with E-state index in [0.29, 0.717) is 5.32 Å². The molecule has 0 saturated carbocycles. The standard InChI is InChI=1S/C17H19NSi/c1-19(2,3)17-13-14-9-7-8-12-16(14)18(17)15-10-5-4-6-11-15/h4-13H,1-3H3/i4D,5D,6D,7D,8D,9D,10D,11D,12D,13D. The highest BCUT2D eigenvalue weighted by atomic mass is 28.3. The number of nitrogens with zero attached hydrogens (tertiary/aromatic N) is 1. The third-order valence-corrected chi connectivity index (χ3v) is 4.55. The van der Waals surface area contributed by atoms with Crippen molar-refractivity contribution in [2.75, 3.05) is 0 Å². The average Bonchev–Trinajstić information content (AvgIpc) is 2.94. The summed E-state index contributed by atoms with van der Waals surface area (Å²) in [7, 11) is -2.41. The largest absolute Gasteiger partial charge is 0.318 e. The van der Waals surface area contributed by atoms with Crippen molar-refractivity contribution in [3.8, 4) is 5.69 Å². The number of rotatable bonds is 2. The van der Waals surface area contributed by atoms with Gasteiger partial charge in [0.1, 0.15) is 0 Å². The zero-order chi connectivity index (χ0) is 22.2. The summed E-state index contributed by atoms with van der Waals surface area (Å²) in [5.74, 6) is 0. The quantitative estimate of drug-likeness (QED) is 0.618. The minimum Gasteiger partial charge on any atom is -0.318 e. The van der Waals surface area contributed by atoms with Gasteiger partial charge in [0.2, 0.25) is 0 Å². The minimum atomic E-state index is -2.41. The van der Waals surface area contributed by atoms with Gasteiger partial charge in [0.15, 0.2) is 0 Å². The Morgan fingerprint density at radius 3 is 2.21 bits per heavy atom. The van der Waals surface area contributed by atoms with Crippen molar-refractivity contribution < 1.29 is 13.7 Å². The van der Waals surface area contributed by atoms with Crippen molar-refractivity contribution in [3.63, 3.8) is 0 Å². The van der Waals surface area contributed by atoms with Gasteiger partial charge in [-0.1, -0.05) is 55.9 Å². The van der Waals surface area contributed by atoms with E-state index in [1.54, 1.807) is 0 Å². The molecule has 0 fully saturated rings. The first-order valence-electron chi connectivity index (χ1n) is 10.9. The molecule has 2 heteroatoms. The molecule has 19 heavy (non-hydrogen) atoms. The molecule has 1 aromatic heterocycles. The SMILES string of the molecule is [2H]c1c([2H])c([2H])c(-n2c([Si](C)(C)C)c([2H])c3c([2H])c([2H])c([2H])c([2H])c32)c([2H])c1[2H]. The van der Waals surface area contributed by atoms with E-state index in [2.05, 4.69) is 0 Å². The third kappa shape index (κ3) is 2.12. The highest BCUT2D eigenvalue weighted by Gasteiger charge is 2.23. The van der Waals surface area contributed by atoms with Gasteiger partial charge in [0.05, 0.1) is 27.3 Å². The van der Waals surface area contributed by atoms with Crippen LogP contribution in [0.15, 0.2) is 60.4 Å². The average molecular weight is 275 g/mol. The Morgan fingerprint density at radius 1 is 0.895 bits per heavy atom. The first kappa shape index (κ1) is 5.29. The molecule has 0 aliphatic heterocycles. The summed E-state index contributed by atoms with van der Waals surface area (Å²) >= 11 is 0. The molecule has 0 bridgehead atoms. The second-order valence-electron chi connectivity index (χ2n) is 5.26. The molecule has 0 atom stereocenters. The van der Waals surface area contributed by atoms with Crippen LogP contribution < -0.4 is 5.32 Å².